The number of nitrogens with one attached hydrogen (secondary N) is 1. The van der Waals surface area contributed by atoms with Crippen molar-refractivity contribution in [1.29, 1.82) is 0 Å². The van der Waals surface area contributed by atoms with Crippen LogP contribution in [0.25, 0.3) is 16.5 Å². The Labute approximate surface area is 105 Å². The van der Waals surface area contributed by atoms with Crippen LogP contribution in [0.5, 0.6) is 5.75 Å². The van der Waals surface area contributed by atoms with Gasteiger partial charge in [-0.15, -0.1) is 0 Å². The molecule has 1 aromatic carbocycles. The zero-order valence-corrected chi connectivity index (χ0v) is 10.4. The molecule has 94 valence electrons. The van der Waals surface area contributed by atoms with Crippen LogP contribution in [-0.2, 0) is 9.53 Å². The lowest BCUT2D eigenvalue weighted by atomic mass is 10.1. The van der Waals surface area contributed by atoms with Gasteiger partial charge in [-0.05, 0) is 25.1 Å². The Morgan fingerprint density at radius 1 is 1.44 bits per heavy atom. The molecule has 4 heteroatoms. The molecule has 0 aliphatic carbocycles. The van der Waals surface area contributed by atoms with Crippen LogP contribution in [0, 0.1) is 0 Å². The Balaban J connectivity index is 2.44. The molecule has 2 aromatic rings. The lowest BCUT2D eigenvalue weighted by Crippen LogP contribution is -2.05. The monoisotopic (exact) mass is 245 g/mol. The summed E-state index contributed by atoms with van der Waals surface area (Å²) in [6.07, 6.45) is 1.75. The van der Waals surface area contributed by atoms with Crippen molar-refractivity contribution >= 4 is 22.4 Å². The Kier molecular flexibility index (Phi) is 3.37. The first kappa shape index (κ1) is 12.2. The highest BCUT2D eigenvalue weighted by Gasteiger charge is 2.15. The summed E-state index contributed by atoms with van der Waals surface area (Å²) in [4.78, 5) is 14.8. The molecule has 0 amide bonds. The maximum Gasteiger partial charge on any atom is 0.338 e. The molecule has 1 aromatic heterocycles. The second-order valence-corrected chi connectivity index (χ2v) is 3.81. The summed E-state index contributed by atoms with van der Waals surface area (Å²) in [5, 5.41) is 0.896. The molecule has 0 spiro atoms. The number of fused-ring (bicyclic) bond motifs is 1. The second kappa shape index (κ2) is 4.96. The molecule has 0 radical (unpaired) electrons. The van der Waals surface area contributed by atoms with Crippen LogP contribution >= 0.6 is 0 Å². The van der Waals surface area contributed by atoms with Crippen LogP contribution in [0.3, 0.4) is 0 Å². The minimum atomic E-state index is -0.402. The van der Waals surface area contributed by atoms with Gasteiger partial charge in [-0.1, -0.05) is 6.58 Å². The number of hydrogen-bond donors (Lipinski definition) is 1. The van der Waals surface area contributed by atoms with Crippen LogP contribution in [0.1, 0.15) is 12.5 Å². The number of carbonyl (C=O) groups is 1. The number of aromatic amines is 1. The smallest absolute Gasteiger partial charge is 0.338 e. The second-order valence-electron chi connectivity index (χ2n) is 3.81. The largest absolute Gasteiger partial charge is 0.497 e. The normalized spacial score (nSPS) is 10.3. The van der Waals surface area contributed by atoms with Crippen molar-refractivity contribution in [3.05, 3.63) is 36.5 Å². The van der Waals surface area contributed by atoms with Crippen molar-refractivity contribution in [2.24, 2.45) is 0 Å². The number of methoxy groups -OCH3 is 1. The van der Waals surface area contributed by atoms with Crippen molar-refractivity contribution in [2.75, 3.05) is 13.7 Å². The van der Waals surface area contributed by atoms with Crippen molar-refractivity contribution in [3.8, 4) is 5.75 Å². The van der Waals surface area contributed by atoms with E-state index >= 15 is 0 Å². The van der Waals surface area contributed by atoms with Gasteiger partial charge in [0.1, 0.15) is 5.75 Å². The number of carbonyl (C=O) groups excluding carboxylic acids is 1. The summed E-state index contributed by atoms with van der Waals surface area (Å²) in [5.41, 5.74) is 2.01. The van der Waals surface area contributed by atoms with Gasteiger partial charge >= 0.3 is 5.97 Å². The molecule has 1 heterocycles. The number of aromatic nitrogens is 1. The summed E-state index contributed by atoms with van der Waals surface area (Å²) >= 11 is 0. The predicted octanol–water partition coefficient (Wildman–Crippen LogP) is 2.75. The van der Waals surface area contributed by atoms with Gasteiger partial charge in [-0.3, -0.25) is 0 Å². The van der Waals surface area contributed by atoms with Crippen molar-refractivity contribution < 1.29 is 14.3 Å². The van der Waals surface area contributed by atoms with E-state index in [9.17, 15) is 4.79 Å². The molecule has 0 aliphatic rings. The van der Waals surface area contributed by atoms with Gasteiger partial charge in [0, 0.05) is 22.7 Å². The predicted molar refractivity (Wildman–Crippen MR) is 70.5 cm³/mol. The number of esters is 1. The van der Waals surface area contributed by atoms with E-state index < -0.39 is 5.97 Å². The average molecular weight is 245 g/mol. The van der Waals surface area contributed by atoms with E-state index in [-0.39, 0.29) is 0 Å². The Hall–Kier alpha value is -2.23. The van der Waals surface area contributed by atoms with Crippen LogP contribution in [0.2, 0.25) is 0 Å². The molecule has 0 saturated carbocycles. The molecule has 0 unspecified atom stereocenters. The van der Waals surface area contributed by atoms with E-state index in [1.165, 1.54) is 0 Å². The topological polar surface area (TPSA) is 51.3 Å². The fraction of sp³-hybridized carbons (Fsp3) is 0.214. The molecule has 0 aliphatic heterocycles. The van der Waals surface area contributed by atoms with Crippen molar-refractivity contribution in [2.45, 2.75) is 6.92 Å². The van der Waals surface area contributed by atoms with E-state index in [0.29, 0.717) is 12.2 Å². The van der Waals surface area contributed by atoms with Crippen LogP contribution < -0.4 is 4.74 Å². The fourth-order valence-electron chi connectivity index (χ4n) is 1.80. The van der Waals surface area contributed by atoms with Crippen molar-refractivity contribution in [1.82, 2.24) is 4.98 Å². The van der Waals surface area contributed by atoms with Gasteiger partial charge in [0.15, 0.2) is 0 Å². The minimum Gasteiger partial charge on any atom is -0.497 e. The Bertz CT molecular complexity index is 598. The maximum absolute atomic E-state index is 11.7. The number of ether oxygens (including phenoxy) is 2. The molecule has 0 atom stereocenters. The molecule has 18 heavy (non-hydrogen) atoms. The van der Waals surface area contributed by atoms with E-state index in [2.05, 4.69) is 11.6 Å². The highest BCUT2D eigenvalue weighted by atomic mass is 16.5. The van der Waals surface area contributed by atoms with Gasteiger partial charge in [0.25, 0.3) is 0 Å². The van der Waals surface area contributed by atoms with E-state index in [4.69, 9.17) is 9.47 Å². The number of benzene rings is 1. The quantitative estimate of drug-likeness (QED) is 0.665. The molecule has 0 bridgehead atoms. The van der Waals surface area contributed by atoms with Gasteiger partial charge < -0.3 is 14.5 Å². The molecule has 0 saturated heterocycles. The van der Waals surface area contributed by atoms with Gasteiger partial charge in [0.2, 0.25) is 0 Å². The van der Waals surface area contributed by atoms with Gasteiger partial charge in [0.05, 0.1) is 19.3 Å². The third-order valence-corrected chi connectivity index (χ3v) is 2.74. The zero-order valence-electron chi connectivity index (χ0n) is 10.4. The molecule has 0 fully saturated rings. The average Bonchev–Trinajstić information content (AvgIpc) is 2.80. The maximum atomic E-state index is 11.7. The summed E-state index contributed by atoms with van der Waals surface area (Å²) in [6.45, 7) is 5.89. The number of rotatable bonds is 4. The summed E-state index contributed by atoms with van der Waals surface area (Å²) in [6, 6.07) is 5.62. The first-order chi connectivity index (χ1) is 8.67. The van der Waals surface area contributed by atoms with E-state index in [0.717, 1.165) is 22.2 Å². The van der Waals surface area contributed by atoms with E-state index in [1.54, 1.807) is 20.2 Å². The van der Waals surface area contributed by atoms with E-state index in [1.807, 2.05) is 18.2 Å². The zero-order chi connectivity index (χ0) is 13.1. The van der Waals surface area contributed by atoms with Crippen molar-refractivity contribution in [3.63, 3.8) is 0 Å². The summed E-state index contributed by atoms with van der Waals surface area (Å²) < 4.78 is 10.1. The Morgan fingerprint density at radius 3 is 2.89 bits per heavy atom. The Morgan fingerprint density at radius 2 is 2.22 bits per heavy atom. The highest BCUT2D eigenvalue weighted by molar-refractivity contribution is 6.19. The molecular formula is C14H15NO3. The SMILES string of the molecule is C=C(C(=O)OCC)c1c[nH]c2ccc(OC)cc12. The molecule has 2 rings (SSSR count). The first-order valence-corrected chi connectivity index (χ1v) is 5.69. The third-order valence-electron chi connectivity index (χ3n) is 2.74. The number of hydrogen-bond acceptors (Lipinski definition) is 3. The fourth-order valence-corrected chi connectivity index (χ4v) is 1.80. The lowest BCUT2D eigenvalue weighted by molar-refractivity contribution is -0.136. The summed E-state index contributed by atoms with van der Waals surface area (Å²) in [7, 11) is 1.60. The van der Waals surface area contributed by atoms with Gasteiger partial charge in [-0.2, -0.15) is 0 Å². The highest BCUT2D eigenvalue weighted by Crippen LogP contribution is 2.28. The van der Waals surface area contributed by atoms with Crippen LogP contribution in [-0.4, -0.2) is 24.7 Å². The third kappa shape index (κ3) is 2.09. The standard InChI is InChI=1S/C14H15NO3/c1-4-18-14(16)9(2)12-8-15-13-6-5-10(17-3)7-11(12)13/h5-8,15H,2,4H2,1,3H3. The minimum absolute atomic E-state index is 0.337. The first-order valence-electron chi connectivity index (χ1n) is 5.69. The van der Waals surface area contributed by atoms with Crippen LogP contribution in [0.4, 0.5) is 0 Å². The van der Waals surface area contributed by atoms with Gasteiger partial charge in [-0.25, -0.2) is 4.79 Å². The summed E-state index contributed by atoms with van der Waals surface area (Å²) in [5.74, 6) is 0.334. The molecule has 1 N–H and O–H groups in total. The lowest BCUT2D eigenvalue weighted by Gasteiger charge is -2.05. The molecule has 4 nitrogen and oxygen atoms in total. The van der Waals surface area contributed by atoms with Crippen LogP contribution in [0.15, 0.2) is 31.0 Å². The molecular weight excluding hydrogens is 230 g/mol. The number of H-pyrrole nitrogens is 1.